The van der Waals surface area contributed by atoms with Gasteiger partial charge in [0, 0.05) is 42.5 Å². The van der Waals surface area contributed by atoms with Gasteiger partial charge in [-0.15, -0.1) is 24.0 Å². The maximum atomic E-state index is 6.06. The molecule has 4 unspecified atom stereocenters. The van der Waals surface area contributed by atoms with Gasteiger partial charge < -0.3 is 20.1 Å². The summed E-state index contributed by atoms with van der Waals surface area (Å²) in [5, 5.41) is 7.51. The average molecular weight is 483 g/mol. The molecule has 1 spiro atoms. The van der Waals surface area contributed by atoms with E-state index in [1.807, 2.05) is 6.07 Å². The van der Waals surface area contributed by atoms with E-state index in [1.54, 1.807) is 0 Å². The molecule has 4 atom stereocenters. The van der Waals surface area contributed by atoms with Crippen LogP contribution in [0.2, 0.25) is 0 Å². The normalized spacial score (nSPS) is 32.9. The molecule has 2 aliphatic heterocycles. The zero-order valence-corrected chi connectivity index (χ0v) is 18.3. The monoisotopic (exact) mass is 483 g/mol. The molecule has 1 aromatic carbocycles. The number of ether oxygens (including phenoxy) is 2. The fourth-order valence-electron chi connectivity index (χ4n) is 5.55. The van der Waals surface area contributed by atoms with Crippen LogP contribution in [0.3, 0.4) is 0 Å². The third-order valence-electron chi connectivity index (χ3n) is 6.91. The van der Waals surface area contributed by atoms with E-state index >= 15 is 0 Å². The predicted octanol–water partition coefficient (Wildman–Crippen LogP) is 3.64. The van der Waals surface area contributed by atoms with Crippen LogP contribution in [-0.4, -0.2) is 37.9 Å². The number of nitrogens with one attached hydrogen (secondary N) is 2. The Bertz CT molecular complexity index is 706. The average Bonchev–Trinajstić information content (AvgIpc) is 3.04. The third-order valence-corrected chi connectivity index (χ3v) is 6.91. The molecule has 0 radical (unpaired) electrons. The van der Waals surface area contributed by atoms with Crippen LogP contribution in [0.5, 0.6) is 5.75 Å². The molecule has 2 N–H and O–H groups in total. The Morgan fingerprint density at radius 3 is 2.81 bits per heavy atom. The molecular weight excluding hydrogens is 453 g/mol. The highest BCUT2D eigenvalue weighted by Gasteiger charge is 2.66. The minimum absolute atomic E-state index is 0. The van der Waals surface area contributed by atoms with Gasteiger partial charge in [0.1, 0.15) is 5.75 Å². The zero-order valence-electron chi connectivity index (χ0n) is 15.9. The molecule has 0 bridgehead atoms. The molecule has 5 nitrogen and oxygen atoms in total. The van der Waals surface area contributed by atoms with Gasteiger partial charge in [0.25, 0.3) is 0 Å². The molecule has 2 aliphatic carbocycles. The van der Waals surface area contributed by atoms with Gasteiger partial charge in [-0.2, -0.15) is 0 Å². The van der Waals surface area contributed by atoms with Crippen LogP contribution in [0.1, 0.15) is 50.6 Å². The number of nitrogens with zero attached hydrogens (tertiary/aromatic N) is 1. The first-order chi connectivity index (χ1) is 12.8. The van der Waals surface area contributed by atoms with E-state index in [1.165, 1.54) is 31.2 Å². The van der Waals surface area contributed by atoms with Crippen LogP contribution in [-0.2, 0) is 4.74 Å². The van der Waals surface area contributed by atoms with Gasteiger partial charge in [-0.05, 0) is 32.3 Å². The molecule has 148 valence electrons. The Morgan fingerprint density at radius 2 is 2.04 bits per heavy atom. The van der Waals surface area contributed by atoms with Crippen molar-refractivity contribution in [3.8, 4) is 5.75 Å². The molecule has 2 saturated carbocycles. The number of fused-ring (bicyclic) bond motifs is 3. The van der Waals surface area contributed by atoms with Crippen molar-refractivity contribution in [1.82, 2.24) is 10.6 Å². The lowest BCUT2D eigenvalue weighted by Crippen LogP contribution is -2.72. The summed E-state index contributed by atoms with van der Waals surface area (Å²) in [6.07, 6.45) is 6.57. The number of hydrogen-bond donors (Lipinski definition) is 2. The molecule has 4 aliphatic rings. The molecule has 2 heterocycles. The number of halogens is 1. The summed E-state index contributed by atoms with van der Waals surface area (Å²) in [5.41, 5.74) is 1.60. The maximum Gasteiger partial charge on any atom is 0.191 e. The highest BCUT2D eigenvalue weighted by molar-refractivity contribution is 14.0. The predicted molar refractivity (Wildman–Crippen MR) is 117 cm³/mol. The van der Waals surface area contributed by atoms with Crippen molar-refractivity contribution in [3.63, 3.8) is 0 Å². The van der Waals surface area contributed by atoms with Crippen molar-refractivity contribution in [2.75, 3.05) is 19.8 Å². The number of guanidine groups is 1. The molecule has 1 saturated heterocycles. The van der Waals surface area contributed by atoms with E-state index in [2.05, 4.69) is 35.8 Å². The molecule has 6 heteroatoms. The van der Waals surface area contributed by atoms with E-state index in [9.17, 15) is 0 Å². The Hall–Kier alpha value is -1.02. The van der Waals surface area contributed by atoms with Crippen LogP contribution in [0.25, 0.3) is 0 Å². The van der Waals surface area contributed by atoms with Crippen molar-refractivity contribution in [2.45, 2.75) is 57.2 Å². The summed E-state index contributed by atoms with van der Waals surface area (Å²) in [6, 6.07) is 9.11. The number of hydrogen-bond acceptors (Lipinski definition) is 3. The quantitative estimate of drug-likeness (QED) is 0.392. The first kappa shape index (κ1) is 19.3. The van der Waals surface area contributed by atoms with Crippen LogP contribution < -0.4 is 15.4 Å². The van der Waals surface area contributed by atoms with E-state index < -0.39 is 0 Å². The zero-order chi connectivity index (χ0) is 17.6. The summed E-state index contributed by atoms with van der Waals surface area (Å²) < 4.78 is 11.9. The minimum atomic E-state index is 0. The molecule has 3 fully saturated rings. The lowest BCUT2D eigenvalue weighted by Gasteiger charge is -2.63. The van der Waals surface area contributed by atoms with Gasteiger partial charge in [-0.25, -0.2) is 0 Å². The first-order valence-electron chi connectivity index (χ1n) is 10.2. The van der Waals surface area contributed by atoms with Gasteiger partial charge in [0.15, 0.2) is 5.96 Å². The van der Waals surface area contributed by atoms with Crippen LogP contribution in [0.15, 0.2) is 29.3 Å². The lowest BCUT2D eigenvalue weighted by atomic mass is 9.46. The van der Waals surface area contributed by atoms with E-state index in [4.69, 9.17) is 14.5 Å². The van der Waals surface area contributed by atoms with Crippen LogP contribution >= 0.6 is 24.0 Å². The summed E-state index contributed by atoms with van der Waals surface area (Å²) in [6.45, 7) is 4.56. The topological polar surface area (TPSA) is 54.9 Å². The molecular formula is C21H30IN3O2. The van der Waals surface area contributed by atoms with E-state index in [-0.39, 0.29) is 30.0 Å². The second-order valence-electron chi connectivity index (χ2n) is 8.15. The molecule has 1 aromatic rings. The van der Waals surface area contributed by atoms with Crippen molar-refractivity contribution >= 4 is 29.9 Å². The van der Waals surface area contributed by atoms with Crippen LogP contribution in [0, 0.1) is 11.3 Å². The molecule has 0 amide bonds. The number of benzene rings is 1. The maximum absolute atomic E-state index is 6.06. The summed E-state index contributed by atoms with van der Waals surface area (Å²) in [5.74, 6) is 2.60. The summed E-state index contributed by atoms with van der Waals surface area (Å²) in [4.78, 5) is 4.76. The molecule has 27 heavy (non-hydrogen) atoms. The van der Waals surface area contributed by atoms with E-state index in [0.29, 0.717) is 23.5 Å². The van der Waals surface area contributed by atoms with Gasteiger partial charge in [0.05, 0.1) is 18.8 Å². The lowest BCUT2D eigenvalue weighted by molar-refractivity contribution is -0.171. The van der Waals surface area contributed by atoms with Crippen molar-refractivity contribution in [2.24, 2.45) is 16.3 Å². The van der Waals surface area contributed by atoms with Crippen molar-refractivity contribution < 1.29 is 9.47 Å². The first-order valence-corrected chi connectivity index (χ1v) is 10.2. The van der Waals surface area contributed by atoms with Gasteiger partial charge in [0.2, 0.25) is 0 Å². The second-order valence-corrected chi connectivity index (χ2v) is 8.15. The van der Waals surface area contributed by atoms with Crippen molar-refractivity contribution in [1.29, 1.82) is 0 Å². The fraction of sp³-hybridized carbons (Fsp3) is 0.667. The fourth-order valence-corrected chi connectivity index (χ4v) is 5.55. The van der Waals surface area contributed by atoms with Gasteiger partial charge in [-0.3, -0.25) is 4.99 Å². The van der Waals surface area contributed by atoms with Crippen LogP contribution in [0.4, 0.5) is 0 Å². The largest absolute Gasteiger partial charge is 0.493 e. The Kier molecular flexibility index (Phi) is 5.56. The summed E-state index contributed by atoms with van der Waals surface area (Å²) in [7, 11) is 0. The number of rotatable bonds is 3. The highest BCUT2D eigenvalue weighted by atomic mass is 127. The van der Waals surface area contributed by atoms with Gasteiger partial charge >= 0.3 is 0 Å². The Labute approximate surface area is 178 Å². The minimum Gasteiger partial charge on any atom is -0.493 e. The number of para-hydroxylation sites is 1. The SMILES string of the molecule is CCN=C(NC1CCOc2ccccc21)NC1C2CCOC2C12CCC2.I. The summed E-state index contributed by atoms with van der Waals surface area (Å²) >= 11 is 0. The Morgan fingerprint density at radius 1 is 1.19 bits per heavy atom. The van der Waals surface area contributed by atoms with E-state index in [0.717, 1.165) is 37.9 Å². The number of aliphatic imine (C=N–C) groups is 1. The van der Waals surface area contributed by atoms with Crippen molar-refractivity contribution in [3.05, 3.63) is 29.8 Å². The highest BCUT2D eigenvalue weighted by Crippen LogP contribution is 2.62. The molecule has 5 rings (SSSR count). The van der Waals surface area contributed by atoms with Gasteiger partial charge in [-0.1, -0.05) is 24.6 Å². The Balaban J connectivity index is 0.00000180. The smallest absolute Gasteiger partial charge is 0.191 e. The second kappa shape index (κ2) is 7.78. The molecule has 0 aromatic heterocycles. The standard InChI is InChI=1S/C21H29N3O2.HI/c1-2-22-20(23-16-9-13-25-17-7-4-3-6-14(16)17)24-18-15-8-12-26-19(15)21(18)10-5-11-21;/h3-4,6-7,15-16,18-19H,2,5,8-13H2,1H3,(H2,22,23,24);1H. The third kappa shape index (κ3) is 3.12.